The smallest absolute Gasteiger partial charge is 0.226 e. The molecule has 6 heteroatoms. The summed E-state index contributed by atoms with van der Waals surface area (Å²) in [5, 5.41) is 4.17. The number of hydrogen-bond donors (Lipinski definition) is 1. The first kappa shape index (κ1) is 19.4. The third-order valence-corrected chi connectivity index (χ3v) is 5.06. The van der Waals surface area contributed by atoms with E-state index in [0.29, 0.717) is 29.6 Å². The number of carbonyl (C=O) groups excluding carboxylic acids is 1. The fourth-order valence-corrected chi connectivity index (χ4v) is 3.59. The molecule has 0 saturated carbocycles. The molecule has 0 radical (unpaired) electrons. The number of aromatic nitrogens is 1. The van der Waals surface area contributed by atoms with E-state index in [1.165, 1.54) is 22.5 Å². The molecule has 0 bridgehead atoms. The third-order valence-electron chi connectivity index (χ3n) is 3.89. The van der Waals surface area contributed by atoms with E-state index >= 15 is 0 Å². The number of ether oxygens (including phenoxy) is 1. The van der Waals surface area contributed by atoms with Gasteiger partial charge in [0.1, 0.15) is 5.75 Å². The summed E-state index contributed by atoms with van der Waals surface area (Å²) in [6, 6.07) is 15.6. The molecule has 0 aliphatic rings. The van der Waals surface area contributed by atoms with Crippen molar-refractivity contribution in [3.05, 3.63) is 75.8 Å². The summed E-state index contributed by atoms with van der Waals surface area (Å²) in [6.07, 6.45) is 3.67. The number of hydrogen-bond acceptors (Lipinski definition) is 4. The number of nitrogens with zero attached hydrogens (tertiary/aromatic N) is 1. The molecule has 1 amide bonds. The van der Waals surface area contributed by atoms with Crippen LogP contribution < -0.4 is 10.1 Å². The highest BCUT2D eigenvalue weighted by atomic mass is 35.5. The minimum Gasteiger partial charge on any atom is -0.494 e. The zero-order valence-electron chi connectivity index (χ0n) is 15.1. The van der Waals surface area contributed by atoms with Gasteiger partial charge in [-0.1, -0.05) is 41.4 Å². The summed E-state index contributed by atoms with van der Waals surface area (Å²) >= 11 is 7.34. The van der Waals surface area contributed by atoms with Crippen LogP contribution in [0.2, 0.25) is 5.02 Å². The fourth-order valence-electron chi connectivity index (χ4n) is 2.61. The van der Waals surface area contributed by atoms with Gasteiger partial charge in [0.2, 0.25) is 5.91 Å². The van der Waals surface area contributed by atoms with Crippen molar-refractivity contribution in [3.8, 4) is 5.75 Å². The second kappa shape index (κ2) is 9.53. The first-order chi connectivity index (χ1) is 13.1. The average Bonchev–Trinajstić information content (AvgIpc) is 3.07. The Kier molecular flexibility index (Phi) is 6.85. The highest BCUT2D eigenvalue weighted by Gasteiger charge is 2.08. The van der Waals surface area contributed by atoms with Gasteiger partial charge in [0.25, 0.3) is 0 Å². The Bertz CT molecular complexity index is 893. The number of aryl methyl sites for hydroxylation is 1. The van der Waals surface area contributed by atoms with Crippen molar-refractivity contribution in [2.75, 3.05) is 11.9 Å². The van der Waals surface area contributed by atoms with Gasteiger partial charge in [0.15, 0.2) is 5.13 Å². The standard InChI is InChI=1S/C21H21ClN2O2S/c1-15-4-2-5-16(12-15)13-19-14-23-21(27-19)24-20(25)6-3-11-26-18-9-7-17(22)8-10-18/h2,4-5,7-10,12,14H,3,6,11,13H2,1H3,(H,23,24,25). The topological polar surface area (TPSA) is 51.2 Å². The second-order valence-corrected chi connectivity index (χ2v) is 7.80. The van der Waals surface area contributed by atoms with Gasteiger partial charge < -0.3 is 10.1 Å². The zero-order chi connectivity index (χ0) is 19.1. The van der Waals surface area contributed by atoms with Crippen LogP contribution in [0.25, 0.3) is 0 Å². The van der Waals surface area contributed by atoms with Crippen LogP contribution in [0.1, 0.15) is 28.8 Å². The number of thiazole rings is 1. The van der Waals surface area contributed by atoms with Gasteiger partial charge in [-0.25, -0.2) is 4.98 Å². The van der Waals surface area contributed by atoms with E-state index in [4.69, 9.17) is 16.3 Å². The molecule has 0 fully saturated rings. The molecule has 3 rings (SSSR count). The molecular weight excluding hydrogens is 380 g/mol. The molecule has 3 aromatic rings. The van der Waals surface area contributed by atoms with Crippen LogP contribution >= 0.6 is 22.9 Å². The number of nitrogens with one attached hydrogen (secondary N) is 1. The monoisotopic (exact) mass is 400 g/mol. The highest BCUT2D eigenvalue weighted by Crippen LogP contribution is 2.22. The van der Waals surface area contributed by atoms with Crippen LogP contribution in [0.3, 0.4) is 0 Å². The predicted octanol–water partition coefficient (Wildman–Crippen LogP) is 5.49. The van der Waals surface area contributed by atoms with E-state index in [-0.39, 0.29) is 5.91 Å². The molecule has 140 valence electrons. The molecule has 0 atom stereocenters. The second-order valence-electron chi connectivity index (χ2n) is 6.25. The minimum atomic E-state index is -0.0499. The molecule has 1 aromatic heterocycles. The van der Waals surface area contributed by atoms with E-state index in [0.717, 1.165) is 17.0 Å². The SMILES string of the molecule is Cc1cccc(Cc2cnc(NC(=O)CCCOc3ccc(Cl)cc3)s2)c1. The Morgan fingerprint density at radius 1 is 1.22 bits per heavy atom. The van der Waals surface area contributed by atoms with Gasteiger partial charge in [0, 0.05) is 28.9 Å². The molecule has 4 nitrogen and oxygen atoms in total. The van der Waals surface area contributed by atoms with Crippen LogP contribution in [-0.4, -0.2) is 17.5 Å². The lowest BCUT2D eigenvalue weighted by atomic mass is 10.1. The maximum absolute atomic E-state index is 12.1. The fraction of sp³-hybridized carbons (Fsp3) is 0.238. The number of rotatable bonds is 8. The summed E-state index contributed by atoms with van der Waals surface area (Å²) in [5.74, 6) is 0.701. The van der Waals surface area contributed by atoms with Crippen molar-refractivity contribution in [2.45, 2.75) is 26.2 Å². The Morgan fingerprint density at radius 2 is 2.04 bits per heavy atom. The molecule has 0 aliphatic heterocycles. The Labute approximate surface area is 168 Å². The molecular formula is C21H21ClN2O2S. The van der Waals surface area contributed by atoms with Gasteiger partial charge in [0.05, 0.1) is 6.61 Å². The molecule has 1 N–H and O–H groups in total. The summed E-state index contributed by atoms with van der Waals surface area (Å²) in [4.78, 5) is 17.5. The Hall–Kier alpha value is -2.37. The van der Waals surface area contributed by atoms with Crippen LogP contribution in [0.15, 0.2) is 54.7 Å². The van der Waals surface area contributed by atoms with E-state index in [9.17, 15) is 4.79 Å². The van der Waals surface area contributed by atoms with Gasteiger partial charge in [-0.15, -0.1) is 11.3 Å². The number of amides is 1. The van der Waals surface area contributed by atoms with Crippen molar-refractivity contribution in [2.24, 2.45) is 0 Å². The van der Waals surface area contributed by atoms with Crippen molar-refractivity contribution < 1.29 is 9.53 Å². The highest BCUT2D eigenvalue weighted by molar-refractivity contribution is 7.15. The van der Waals surface area contributed by atoms with Gasteiger partial charge >= 0.3 is 0 Å². The lowest BCUT2D eigenvalue weighted by Crippen LogP contribution is -2.12. The van der Waals surface area contributed by atoms with Gasteiger partial charge in [-0.3, -0.25) is 4.79 Å². The number of carbonyl (C=O) groups is 1. The first-order valence-corrected chi connectivity index (χ1v) is 9.96. The normalized spacial score (nSPS) is 10.6. The molecule has 1 heterocycles. The van der Waals surface area contributed by atoms with Crippen molar-refractivity contribution in [1.29, 1.82) is 0 Å². The van der Waals surface area contributed by atoms with E-state index < -0.39 is 0 Å². The van der Waals surface area contributed by atoms with Crippen molar-refractivity contribution in [3.63, 3.8) is 0 Å². The van der Waals surface area contributed by atoms with Crippen molar-refractivity contribution in [1.82, 2.24) is 4.98 Å². The van der Waals surface area contributed by atoms with Gasteiger partial charge in [-0.2, -0.15) is 0 Å². The number of anilines is 1. The van der Waals surface area contributed by atoms with Gasteiger partial charge in [-0.05, 0) is 43.2 Å². The van der Waals surface area contributed by atoms with E-state index in [1.54, 1.807) is 12.1 Å². The molecule has 0 saturated heterocycles. The van der Waals surface area contributed by atoms with Crippen LogP contribution in [0, 0.1) is 6.92 Å². The first-order valence-electron chi connectivity index (χ1n) is 8.77. The summed E-state index contributed by atoms with van der Waals surface area (Å²) < 4.78 is 5.59. The average molecular weight is 401 g/mol. The molecule has 0 unspecified atom stereocenters. The lowest BCUT2D eigenvalue weighted by molar-refractivity contribution is -0.116. The van der Waals surface area contributed by atoms with E-state index in [1.807, 2.05) is 18.3 Å². The molecule has 2 aromatic carbocycles. The third kappa shape index (κ3) is 6.38. The Balaban J connectivity index is 1.40. The summed E-state index contributed by atoms with van der Waals surface area (Å²) in [5.41, 5.74) is 2.49. The summed E-state index contributed by atoms with van der Waals surface area (Å²) in [6.45, 7) is 2.56. The quantitative estimate of drug-likeness (QED) is 0.508. The predicted molar refractivity (Wildman–Crippen MR) is 111 cm³/mol. The zero-order valence-corrected chi connectivity index (χ0v) is 16.6. The van der Waals surface area contributed by atoms with E-state index in [2.05, 4.69) is 41.5 Å². The number of halogens is 1. The van der Waals surface area contributed by atoms with Crippen molar-refractivity contribution >= 4 is 34.0 Å². The maximum atomic E-state index is 12.1. The van der Waals surface area contributed by atoms with Crippen LogP contribution in [0.4, 0.5) is 5.13 Å². The summed E-state index contributed by atoms with van der Waals surface area (Å²) in [7, 11) is 0. The molecule has 0 aliphatic carbocycles. The molecule has 0 spiro atoms. The Morgan fingerprint density at radius 3 is 2.81 bits per heavy atom. The van der Waals surface area contributed by atoms with Crippen LogP contribution in [0.5, 0.6) is 5.75 Å². The number of benzene rings is 2. The largest absolute Gasteiger partial charge is 0.494 e. The lowest BCUT2D eigenvalue weighted by Gasteiger charge is -2.06. The maximum Gasteiger partial charge on any atom is 0.226 e. The minimum absolute atomic E-state index is 0.0499. The molecule has 27 heavy (non-hydrogen) atoms. The van der Waals surface area contributed by atoms with Crippen LogP contribution in [-0.2, 0) is 11.2 Å².